The van der Waals surface area contributed by atoms with Crippen LogP contribution in [0.15, 0.2) is 54.9 Å². The molecule has 0 saturated carbocycles. The number of nitrogens with one attached hydrogen (secondary N) is 2. The van der Waals surface area contributed by atoms with Crippen molar-refractivity contribution in [1.82, 2.24) is 19.8 Å². The van der Waals surface area contributed by atoms with Crippen molar-refractivity contribution in [3.63, 3.8) is 0 Å². The molecule has 1 saturated heterocycles. The van der Waals surface area contributed by atoms with E-state index in [0.29, 0.717) is 54.6 Å². The fourth-order valence-electron chi connectivity index (χ4n) is 4.25. The van der Waals surface area contributed by atoms with Gasteiger partial charge in [-0.1, -0.05) is 18.2 Å². The number of hydrogen-bond donors (Lipinski definition) is 2. The van der Waals surface area contributed by atoms with Crippen molar-refractivity contribution in [3.05, 3.63) is 77.1 Å². The molecule has 0 bridgehead atoms. The number of nitrogens with zero attached hydrogens (tertiary/aromatic N) is 4. The number of anilines is 3. The van der Waals surface area contributed by atoms with Gasteiger partial charge in [0.25, 0.3) is 11.8 Å². The average molecular weight is 531 g/mol. The molecule has 2 heterocycles. The highest BCUT2D eigenvalue weighted by atomic mass is 16.6. The molecule has 0 unspecified atom stereocenters. The Kier molecular flexibility index (Phi) is 8.13. The van der Waals surface area contributed by atoms with E-state index < -0.39 is 5.60 Å². The molecule has 0 atom stereocenters. The number of carbonyl (C=O) groups excluding carboxylic acids is 3. The van der Waals surface area contributed by atoms with Gasteiger partial charge in [-0.3, -0.25) is 9.59 Å². The summed E-state index contributed by atoms with van der Waals surface area (Å²) in [5, 5.41) is 5.94. The molecule has 0 radical (unpaired) electrons. The number of carbonyl (C=O) groups is 3. The fraction of sp³-hybridized carbons (Fsp3) is 0.345. The Hall–Kier alpha value is -4.47. The second-order valence-corrected chi connectivity index (χ2v) is 10.5. The van der Waals surface area contributed by atoms with Gasteiger partial charge in [-0.25, -0.2) is 14.8 Å². The first-order chi connectivity index (χ1) is 18.5. The number of hydrogen-bond acceptors (Lipinski definition) is 7. The summed E-state index contributed by atoms with van der Waals surface area (Å²) in [5.41, 5.74) is 3.64. The molecule has 3 amide bonds. The number of piperazine rings is 1. The van der Waals surface area contributed by atoms with Gasteiger partial charge in [-0.15, -0.1) is 0 Å². The lowest BCUT2D eigenvalue weighted by Gasteiger charge is -2.35. The summed E-state index contributed by atoms with van der Waals surface area (Å²) in [4.78, 5) is 49.8. The Bertz CT molecular complexity index is 1320. The molecule has 1 aliphatic rings. The zero-order valence-corrected chi connectivity index (χ0v) is 22.9. The predicted molar refractivity (Wildman–Crippen MR) is 149 cm³/mol. The highest BCUT2D eigenvalue weighted by Gasteiger charge is 2.28. The van der Waals surface area contributed by atoms with E-state index in [9.17, 15) is 14.4 Å². The molecule has 3 aromatic rings. The molecular formula is C29H34N6O4. The lowest BCUT2D eigenvalue weighted by atomic mass is 10.0. The summed E-state index contributed by atoms with van der Waals surface area (Å²) >= 11 is 0. The Morgan fingerprint density at radius 2 is 1.38 bits per heavy atom. The Labute approximate surface area is 228 Å². The van der Waals surface area contributed by atoms with Crippen molar-refractivity contribution in [3.8, 4) is 0 Å². The normalized spacial score (nSPS) is 13.6. The lowest BCUT2D eigenvalue weighted by Crippen LogP contribution is -2.51. The van der Waals surface area contributed by atoms with Crippen LogP contribution in [0, 0.1) is 13.8 Å². The molecule has 1 fully saturated rings. The first-order valence-corrected chi connectivity index (χ1v) is 12.8. The SMILES string of the molecule is Cc1cccc(C)c1C(=O)Nc1cnc(Nc2ccc(C(=O)N3CCN(C(=O)OC(C)(C)C)CC3)cc2)nc1. The summed E-state index contributed by atoms with van der Waals surface area (Å²) in [7, 11) is 0. The van der Waals surface area contributed by atoms with E-state index in [0.717, 1.165) is 11.1 Å². The first-order valence-electron chi connectivity index (χ1n) is 12.8. The minimum Gasteiger partial charge on any atom is -0.444 e. The number of aryl methyl sites for hydroxylation is 2. The fourth-order valence-corrected chi connectivity index (χ4v) is 4.25. The molecule has 4 rings (SSSR count). The molecule has 10 heteroatoms. The molecule has 2 aromatic carbocycles. The highest BCUT2D eigenvalue weighted by molar-refractivity contribution is 6.06. The van der Waals surface area contributed by atoms with Gasteiger partial charge in [-0.05, 0) is 70.0 Å². The number of amides is 3. The molecule has 2 N–H and O–H groups in total. The summed E-state index contributed by atoms with van der Waals surface area (Å²) < 4.78 is 5.42. The first kappa shape index (κ1) is 27.6. The second-order valence-electron chi connectivity index (χ2n) is 10.5. The van der Waals surface area contributed by atoms with E-state index in [1.54, 1.807) is 34.1 Å². The molecule has 1 aromatic heterocycles. The molecular weight excluding hydrogens is 496 g/mol. The lowest BCUT2D eigenvalue weighted by molar-refractivity contribution is 0.0141. The molecule has 0 spiro atoms. The van der Waals surface area contributed by atoms with Crippen LogP contribution in [0.2, 0.25) is 0 Å². The van der Waals surface area contributed by atoms with Gasteiger partial charge >= 0.3 is 6.09 Å². The summed E-state index contributed by atoms with van der Waals surface area (Å²) in [6.45, 7) is 11.0. The molecule has 0 aliphatic carbocycles. The third kappa shape index (κ3) is 7.10. The Balaban J connectivity index is 1.30. The van der Waals surface area contributed by atoms with Gasteiger partial charge in [0.1, 0.15) is 5.60 Å². The van der Waals surface area contributed by atoms with Gasteiger partial charge in [-0.2, -0.15) is 0 Å². The number of benzene rings is 2. The number of ether oxygens (including phenoxy) is 1. The zero-order chi connectivity index (χ0) is 28.2. The van der Waals surface area contributed by atoms with Crippen molar-refractivity contribution >= 4 is 35.2 Å². The third-order valence-corrected chi connectivity index (χ3v) is 6.22. The zero-order valence-electron chi connectivity index (χ0n) is 22.9. The van der Waals surface area contributed by atoms with E-state index in [1.807, 2.05) is 52.8 Å². The van der Waals surface area contributed by atoms with E-state index in [2.05, 4.69) is 20.6 Å². The minimum absolute atomic E-state index is 0.0920. The smallest absolute Gasteiger partial charge is 0.410 e. The Morgan fingerprint density at radius 1 is 0.821 bits per heavy atom. The van der Waals surface area contributed by atoms with Gasteiger partial charge in [0.2, 0.25) is 5.95 Å². The molecule has 39 heavy (non-hydrogen) atoms. The van der Waals surface area contributed by atoms with Gasteiger partial charge in [0.15, 0.2) is 0 Å². The van der Waals surface area contributed by atoms with Gasteiger partial charge < -0.3 is 25.2 Å². The number of aromatic nitrogens is 2. The minimum atomic E-state index is -0.552. The monoisotopic (exact) mass is 530 g/mol. The van der Waals surface area contributed by atoms with Crippen LogP contribution < -0.4 is 10.6 Å². The van der Waals surface area contributed by atoms with Crippen LogP contribution in [-0.2, 0) is 4.74 Å². The maximum atomic E-state index is 13.0. The van der Waals surface area contributed by atoms with Crippen molar-refractivity contribution in [1.29, 1.82) is 0 Å². The maximum Gasteiger partial charge on any atom is 0.410 e. The highest BCUT2D eigenvalue weighted by Crippen LogP contribution is 2.19. The van der Waals surface area contributed by atoms with Crippen LogP contribution in [0.1, 0.15) is 52.6 Å². The average Bonchev–Trinajstić information content (AvgIpc) is 2.89. The molecule has 10 nitrogen and oxygen atoms in total. The number of rotatable bonds is 5. The van der Waals surface area contributed by atoms with E-state index in [4.69, 9.17) is 4.74 Å². The predicted octanol–water partition coefficient (Wildman–Crippen LogP) is 4.78. The second kappa shape index (κ2) is 11.5. The van der Waals surface area contributed by atoms with E-state index >= 15 is 0 Å². The van der Waals surface area contributed by atoms with Gasteiger partial charge in [0.05, 0.1) is 18.1 Å². The van der Waals surface area contributed by atoms with E-state index in [1.165, 1.54) is 12.4 Å². The van der Waals surface area contributed by atoms with Crippen molar-refractivity contribution in [2.75, 3.05) is 36.8 Å². The standard InChI is InChI=1S/C29H34N6O4/c1-19-7-6-8-20(2)24(19)25(36)32-23-17-30-27(31-18-23)33-22-11-9-21(10-12-22)26(37)34-13-15-35(16-14-34)28(38)39-29(3,4)5/h6-12,17-18H,13-16H2,1-5H3,(H,32,36)(H,30,31,33). The molecule has 204 valence electrons. The molecule has 1 aliphatic heterocycles. The van der Waals surface area contributed by atoms with E-state index in [-0.39, 0.29) is 17.9 Å². The Morgan fingerprint density at radius 3 is 1.95 bits per heavy atom. The van der Waals surface area contributed by atoms with Crippen LogP contribution >= 0.6 is 0 Å². The van der Waals surface area contributed by atoms with Crippen LogP contribution in [0.4, 0.5) is 22.1 Å². The third-order valence-electron chi connectivity index (χ3n) is 6.22. The van der Waals surface area contributed by atoms with Crippen molar-refractivity contribution < 1.29 is 19.1 Å². The quantitative estimate of drug-likeness (QED) is 0.487. The van der Waals surface area contributed by atoms with Crippen LogP contribution in [0.3, 0.4) is 0 Å². The maximum absolute atomic E-state index is 13.0. The van der Waals surface area contributed by atoms with Crippen molar-refractivity contribution in [2.24, 2.45) is 0 Å². The van der Waals surface area contributed by atoms with Gasteiger partial charge in [0, 0.05) is 43.0 Å². The van der Waals surface area contributed by atoms with Crippen LogP contribution in [0.25, 0.3) is 0 Å². The summed E-state index contributed by atoms with van der Waals surface area (Å²) in [6.07, 6.45) is 2.72. The van der Waals surface area contributed by atoms with Crippen LogP contribution in [0.5, 0.6) is 0 Å². The topological polar surface area (TPSA) is 117 Å². The largest absolute Gasteiger partial charge is 0.444 e. The van der Waals surface area contributed by atoms with Crippen molar-refractivity contribution in [2.45, 2.75) is 40.2 Å². The summed E-state index contributed by atoms with van der Waals surface area (Å²) in [5.74, 6) is 0.0597. The van der Waals surface area contributed by atoms with Crippen LogP contribution in [-0.4, -0.2) is 69.5 Å². The summed E-state index contributed by atoms with van der Waals surface area (Å²) in [6, 6.07) is 12.8.